The highest BCUT2D eigenvalue weighted by Crippen LogP contribution is 2.44. The van der Waals surface area contributed by atoms with Gasteiger partial charge in [-0.05, 0) is 79.0 Å². The fourth-order valence-electron chi connectivity index (χ4n) is 5.81. The van der Waals surface area contributed by atoms with E-state index < -0.39 is 0 Å². The molecule has 208 valence electrons. The number of pyridine rings is 1. The maximum Gasteiger partial charge on any atom is 0.321 e. The summed E-state index contributed by atoms with van der Waals surface area (Å²) in [5.41, 5.74) is 6.74. The second-order valence-electron chi connectivity index (χ2n) is 10.5. The highest BCUT2D eigenvalue weighted by molar-refractivity contribution is 6.30. The zero-order valence-electron chi connectivity index (χ0n) is 22.6. The van der Waals surface area contributed by atoms with Crippen molar-refractivity contribution in [2.24, 2.45) is 0 Å². The van der Waals surface area contributed by atoms with Crippen molar-refractivity contribution >= 4 is 40.5 Å². The molecule has 1 fully saturated rings. The van der Waals surface area contributed by atoms with Crippen LogP contribution in [0.3, 0.4) is 0 Å². The number of nitriles is 1. The largest absolute Gasteiger partial charge is 0.331 e. The number of anilines is 1. The molecular formula is C31H29Cl2N7O. The number of imidazole rings is 1. The first kappa shape index (κ1) is 27.3. The van der Waals surface area contributed by atoms with Crippen molar-refractivity contribution in [1.82, 2.24) is 24.3 Å². The SMILES string of the molecule is Cc1nccn1CC1=CC2=C(CCC(Cl)=C2)C(N2CCN(C(=O)Nc3ccc(C#N)cc3)CC2)c2ncc(Cl)cc21. The molecule has 0 saturated carbocycles. The zero-order chi connectivity index (χ0) is 28.5. The molecule has 3 aliphatic rings. The summed E-state index contributed by atoms with van der Waals surface area (Å²) in [6, 6.07) is 10.8. The van der Waals surface area contributed by atoms with Crippen LogP contribution in [-0.4, -0.2) is 56.5 Å². The van der Waals surface area contributed by atoms with E-state index in [9.17, 15) is 4.79 Å². The van der Waals surface area contributed by atoms with Crippen molar-refractivity contribution in [3.63, 3.8) is 0 Å². The van der Waals surface area contributed by atoms with Crippen molar-refractivity contribution < 1.29 is 4.79 Å². The number of carbonyl (C=O) groups is 1. The van der Waals surface area contributed by atoms with Gasteiger partial charge in [0.25, 0.3) is 0 Å². The summed E-state index contributed by atoms with van der Waals surface area (Å²) >= 11 is 13.1. The molecule has 2 aliphatic carbocycles. The molecule has 1 atom stereocenters. The molecule has 2 aromatic heterocycles. The Hall–Kier alpha value is -3.90. The van der Waals surface area contributed by atoms with E-state index in [1.54, 1.807) is 30.5 Å². The molecule has 3 aromatic rings. The summed E-state index contributed by atoms with van der Waals surface area (Å²) in [6.45, 7) is 5.18. The standard InChI is InChI=1S/C31H29Cl2N7O/c1-20-35-8-9-40(20)19-23-14-22-15-24(32)4-7-27(22)30(29-28(23)16-25(33)18-36-29)38-10-12-39(13-11-38)31(41)37-26-5-2-21(17-34)3-6-26/h2-3,5-6,8-9,14-16,18,30H,4,7,10-13,19H2,1H3,(H,37,41). The number of allylic oxidation sites excluding steroid dienone is 5. The fraction of sp³-hybridized carbons (Fsp3) is 0.290. The second-order valence-corrected chi connectivity index (χ2v) is 11.4. The van der Waals surface area contributed by atoms with Crippen molar-refractivity contribution in [3.8, 4) is 6.07 Å². The fourth-order valence-corrected chi connectivity index (χ4v) is 6.18. The number of hydrogen-bond acceptors (Lipinski definition) is 5. The Balaban J connectivity index is 1.28. The number of aryl methyl sites for hydroxylation is 1. The Morgan fingerprint density at radius 3 is 2.59 bits per heavy atom. The van der Waals surface area contributed by atoms with E-state index in [1.807, 2.05) is 30.3 Å². The number of halogens is 2. The van der Waals surface area contributed by atoms with Crippen LogP contribution in [0, 0.1) is 18.3 Å². The van der Waals surface area contributed by atoms with Crippen LogP contribution in [0.15, 0.2) is 77.3 Å². The Labute approximate surface area is 249 Å². The number of benzene rings is 1. The van der Waals surface area contributed by atoms with Gasteiger partial charge in [0.15, 0.2) is 0 Å². The number of fused-ring (bicyclic) bond motifs is 1. The molecule has 41 heavy (non-hydrogen) atoms. The van der Waals surface area contributed by atoms with E-state index >= 15 is 0 Å². The maximum atomic E-state index is 13.0. The number of aromatic nitrogens is 3. The van der Waals surface area contributed by atoms with Crippen LogP contribution in [0.4, 0.5) is 10.5 Å². The van der Waals surface area contributed by atoms with E-state index in [-0.39, 0.29) is 12.1 Å². The molecule has 0 bridgehead atoms. The molecule has 1 N–H and O–H groups in total. The van der Waals surface area contributed by atoms with Crippen LogP contribution >= 0.6 is 23.2 Å². The van der Waals surface area contributed by atoms with Gasteiger partial charge in [-0.25, -0.2) is 9.78 Å². The lowest BCUT2D eigenvalue weighted by Gasteiger charge is -2.41. The lowest BCUT2D eigenvalue weighted by molar-refractivity contribution is 0.122. The quantitative estimate of drug-likeness (QED) is 0.387. The summed E-state index contributed by atoms with van der Waals surface area (Å²) in [6.07, 6.45) is 11.5. The summed E-state index contributed by atoms with van der Waals surface area (Å²) in [7, 11) is 0. The summed E-state index contributed by atoms with van der Waals surface area (Å²) < 4.78 is 2.12. The minimum Gasteiger partial charge on any atom is -0.331 e. The van der Waals surface area contributed by atoms with Crippen LogP contribution in [0.25, 0.3) is 5.57 Å². The molecule has 1 aliphatic heterocycles. The number of piperazine rings is 1. The molecule has 6 rings (SSSR count). The molecule has 2 amide bonds. The van der Waals surface area contributed by atoms with Crippen LogP contribution in [0.1, 0.15) is 41.5 Å². The molecule has 0 spiro atoms. The van der Waals surface area contributed by atoms with Gasteiger partial charge in [0.1, 0.15) is 5.82 Å². The Kier molecular flexibility index (Phi) is 7.67. The van der Waals surface area contributed by atoms with Gasteiger partial charge in [0.2, 0.25) is 0 Å². The Morgan fingerprint density at radius 1 is 1.10 bits per heavy atom. The van der Waals surface area contributed by atoms with Crippen molar-refractivity contribution in [2.75, 3.05) is 31.5 Å². The van der Waals surface area contributed by atoms with Crippen LogP contribution < -0.4 is 5.32 Å². The van der Waals surface area contributed by atoms with Crippen LogP contribution in [-0.2, 0) is 6.54 Å². The van der Waals surface area contributed by atoms with Gasteiger partial charge in [-0.3, -0.25) is 9.88 Å². The van der Waals surface area contributed by atoms with Gasteiger partial charge in [-0.1, -0.05) is 23.2 Å². The number of amides is 2. The number of hydrogen-bond donors (Lipinski definition) is 1. The number of carbonyl (C=O) groups excluding carboxylic acids is 1. The molecular weight excluding hydrogens is 557 g/mol. The normalized spacial score (nSPS) is 19.0. The van der Waals surface area contributed by atoms with E-state index in [4.69, 9.17) is 33.4 Å². The first-order valence-electron chi connectivity index (χ1n) is 13.6. The smallest absolute Gasteiger partial charge is 0.321 e. The second kappa shape index (κ2) is 11.5. The first-order valence-corrected chi connectivity index (χ1v) is 14.4. The summed E-state index contributed by atoms with van der Waals surface area (Å²) in [5.74, 6) is 0.935. The molecule has 8 nitrogen and oxygen atoms in total. The zero-order valence-corrected chi connectivity index (χ0v) is 24.2. The predicted molar refractivity (Wildman–Crippen MR) is 160 cm³/mol. The number of rotatable bonds is 4. The lowest BCUT2D eigenvalue weighted by atomic mass is 9.89. The van der Waals surface area contributed by atoms with Crippen molar-refractivity contribution in [3.05, 3.63) is 105 Å². The minimum absolute atomic E-state index is 0.0559. The Bertz CT molecular complexity index is 1620. The van der Waals surface area contributed by atoms with Crippen molar-refractivity contribution in [1.29, 1.82) is 5.26 Å². The molecule has 3 heterocycles. The van der Waals surface area contributed by atoms with Gasteiger partial charge < -0.3 is 14.8 Å². The lowest BCUT2D eigenvalue weighted by Crippen LogP contribution is -2.51. The molecule has 10 heteroatoms. The highest BCUT2D eigenvalue weighted by atomic mass is 35.5. The molecule has 1 unspecified atom stereocenters. The topological polar surface area (TPSA) is 90.1 Å². The third kappa shape index (κ3) is 5.66. The maximum absolute atomic E-state index is 13.0. The number of nitrogens with one attached hydrogen (secondary N) is 1. The highest BCUT2D eigenvalue weighted by Gasteiger charge is 2.35. The average molecular weight is 587 g/mol. The molecule has 0 radical (unpaired) electrons. The van der Waals surface area contributed by atoms with Gasteiger partial charge in [0.05, 0.1) is 28.4 Å². The first-order chi connectivity index (χ1) is 19.9. The van der Waals surface area contributed by atoms with Gasteiger partial charge in [-0.2, -0.15) is 5.26 Å². The van der Waals surface area contributed by atoms with E-state index in [1.165, 1.54) is 5.57 Å². The monoisotopic (exact) mass is 585 g/mol. The summed E-state index contributed by atoms with van der Waals surface area (Å²) in [4.78, 5) is 26.6. The van der Waals surface area contributed by atoms with E-state index in [2.05, 4.69) is 38.0 Å². The Morgan fingerprint density at radius 2 is 1.88 bits per heavy atom. The predicted octanol–water partition coefficient (Wildman–Crippen LogP) is 6.31. The van der Waals surface area contributed by atoms with Gasteiger partial charge >= 0.3 is 6.03 Å². The van der Waals surface area contributed by atoms with E-state index in [0.717, 1.165) is 46.1 Å². The van der Waals surface area contributed by atoms with Gasteiger partial charge in [0, 0.05) is 67.6 Å². The number of nitrogens with zero attached hydrogens (tertiary/aromatic N) is 6. The number of urea groups is 1. The van der Waals surface area contributed by atoms with Crippen LogP contribution in [0.5, 0.6) is 0 Å². The van der Waals surface area contributed by atoms with E-state index in [0.29, 0.717) is 49.0 Å². The van der Waals surface area contributed by atoms with Crippen LogP contribution in [0.2, 0.25) is 5.02 Å². The average Bonchev–Trinajstić information content (AvgIpc) is 3.33. The molecule has 1 aromatic carbocycles. The van der Waals surface area contributed by atoms with Gasteiger partial charge in [-0.15, -0.1) is 0 Å². The summed E-state index contributed by atoms with van der Waals surface area (Å²) in [5, 5.41) is 13.4. The van der Waals surface area contributed by atoms with Crippen molar-refractivity contribution in [2.45, 2.75) is 32.4 Å². The third-order valence-electron chi connectivity index (χ3n) is 7.96. The third-order valence-corrected chi connectivity index (χ3v) is 8.47. The molecule has 1 saturated heterocycles. The minimum atomic E-state index is -0.146.